The van der Waals surface area contributed by atoms with E-state index in [2.05, 4.69) is 4.74 Å². The summed E-state index contributed by atoms with van der Waals surface area (Å²) in [5.41, 5.74) is 8.43. The van der Waals surface area contributed by atoms with Crippen LogP contribution < -0.4 is 35.0 Å². The molecule has 0 aromatic rings. The maximum absolute atomic E-state index is 8.43. The van der Waals surface area contributed by atoms with Gasteiger partial charge in [-0.3, -0.25) is 5.21 Å². The molecular formula is C5H14N4NaO3+. The van der Waals surface area contributed by atoms with Crippen LogP contribution in [-0.2, 0) is 4.74 Å². The molecule has 0 saturated heterocycles. The molecule has 72 valence electrons. The molecule has 0 spiro atoms. The van der Waals surface area contributed by atoms with Gasteiger partial charge >= 0.3 is 35.5 Å². The number of ether oxygens (including phenoxy) is 1. The third-order valence-corrected chi connectivity index (χ3v) is 1.25. The van der Waals surface area contributed by atoms with Crippen LogP contribution in [0.1, 0.15) is 6.42 Å². The molecular weight excluding hydrogens is 187 g/mol. The van der Waals surface area contributed by atoms with Crippen molar-refractivity contribution in [3.8, 4) is 0 Å². The van der Waals surface area contributed by atoms with Gasteiger partial charge in [0.1, 0.15) is 0 Å². The minimum absolute atomic E-state index is 0. The zero-order valence-electron chi connectivity index (χ0n) is 8.14. The zero-order chi connectivity index (χ0) is 8.85. The second-order valence-electron chi connectivity index (χ2n) is 2.07. The predicted octanol–water partition coefficient (Wildman–Crippen LogP) is -4.72. The summed E-state index contributed by atoms with van der Waals surface area (Å²) in [5.74, 6) is 0.360. The minimum Gasteiger partial charge on any atom is -0.870 e. The summed E-state index contributed by atoms with van der Waals surface area (Å²) in [7, 11) is 2.97. The molecule has 4 N–H and O–H groups in total. The van der Waals surface area contributed by atoms with Crippen LogP contribution >= 0.6 is 0 Å². The van der Waals surface area contributed by atoms with Gasteiger partial charge in [0.25, 0.3) is 0 Å². The van der Waals surface area contributed by atoms with Crippen molar-refractivity contribution >= 4 is 5.90 Å². The molecule has 0 saturated carbocycles. The SMILES string of the molecule is COC(=[NH2+])CCN(C)[N+](=[N-])O.[Na+].[OH-]. The Labute approximate surface area is 98.8 Å². The molecule has 0 fully saturated rings. The third-order valence-electron chi connectivity index (χ3n) is 1.25. The van der Waals surface area contributed by atoms with Crippen LogP contribution in [0.25, 0.3) is 5.53 Å². The number of hydrogen-bond acceptors (Lipinski definition) is 2. The standard InChI is InChI=1S/C5H12N4O2.Na.H2O/c1-8(9(7)10)4-3-5(6)11-2;;/h6,10H,3-4H2,1-2H3;;1H2/q;+1;. The largest absolute Gasteiger partial charge is 1.00 e. The van der Waals surface area contributed by atoms with E-state index in [1.165, 1.54) is 19.2 Å². The summed E-state index contributed by atoms with van der Waals surface area (Å²) in [5, 5.41) is 14.9. The van der Waals surface area contributed by atoms with Gasteiger partial charge in [0.2, 0.25) is 0 Å². The van der Waals surface area contributed by atoms with Crippen LogP contribution in [0.15, 0.2) is 0 Å². The second-order valence-corrected chi connectivity index (χ2v) is 2.07. The summed E-state index contributed by atoms with van der Waals surface area (Å²) in [4.78, 5) is 0.00292. The summed E-state index contributed by atoms with van der Waals surface area (Å²) in [6.07, 6.45) is 0.449. The van der Waals surface area contributed by atoms with Crippen molar-refractivity contribution in [3.63, 3.8) is 0 Å². The van der Waals surface area contributed by atoms with Crippen molar-refractivity contribution in [2.75, 3.05) is 20.7 Å². The van der Waals surface area contributed by atoms with Crippen molar-refractivity contribution in [1.82, 2.24) is 5.01 Å². The summed E-state index contributed by atoms with van der Waals surface area (Å²) in [6.45, 7) is 0.382. The maximum Gasteiger partial charge on any atom is 1.00 e. The molecule has 8 heteroatoms. The van der Waals surface area contributed by atoms with Gasteiger partial charge in [-0.2, -0.15) is 0 Å². The fraction of sp³-hybridized carbons (Fsp3) is 0.800. The predicted molar refractivity (Wildman–Crippen MR) is 38.5 cm³/mol. The Bertz CT molecular complexity index is 166. The summed E-state index contributed by atoms with van der Waals surface area (Å²) in [6, 6.07) is 0. The van der Waals surface area contributed by atoms with Crippen molar-refractivity contribution in [1.29, 1.82) is 0 Å². The van der Waals surface area contributed by atoms with Crippen molar-refractivity contribution in [2.45, 2.75) is 6.42 Å². The average molecular weight is 201 g/mol. The first-order chi connectivity index (χ1) is 5.07. The fourth-order valence-electron chi connectivity index (χ4n) is 0.464. The Morgan fingerprint density at radius 2 is 2.15 bits per heavy atom. The van der Waals surface area contributed by atoms with Crippen LogP contribution in [0.5, 0.6) is 0 Å². The molecule has 0 unspecified atom stereocenters. The molecule has 13 heavy (non-hydrogen) atoms. The molecule has 0 aliphatic carbocycles. The molecule has 0 aliphatic heterocycles. The smallest absolute Gasteiger partial charge is 0.870 e. The van der Waals surface area contributed by atoms with Gasteiger partial charge in [0.05, 0.1) is 18.5 Å². The third kappa shape index (κ3) is 9.54. The van der Waals surface area contributed by atoms with E-state index in [-0.39, 0.29) is 40.0 Å². The number of nitrogens with zero attached hydrogens (tertiary/aromatic N) is 3. The van der Waals surface area contributed by atoms with Gasteiger partial charge in [0, 0.05) is 6.54 Å². The molecule has 0 amide bonds. The normalized spacial score (nSPS) is 7.54. The quantitative estimate of drug-likeness (QED) is 0.119. The van der Waals surface area contributed by atoms with E-state index in [1.54, 1.807) is 0 Å². The maximum atomic E-state index is 8.43. The Morgan fingerprint density at radius 3 is 2.46 bits per heavy atom. The van der Waals surface area contributed by atoms with Gasteiger partial charge in [0.15, 0.2) is 0 Å². The molecule has 0 aliphatic rings. The fourth-order valence-corrected chi connectivity index (χ4v) is 0.464. The van der Waals surface area contributed by atoms with Gasteiger partial charge < -0.3 is 10.2 Å². The summed E-state index contributed by atoms with van der Waals surface area (Å²) >= 11 is 0. The number of rotatable bonds is 4. The topological polar surface area (TPSA) is 114 Å². The van der Waals surface area contributed by atoms with Crippen LogP contribution in [0.3, 0.4) is 0 Å². The minimum atomic E-state index is 0. The first kappa shape index (κ1) is 18.4. The first-order valence-corrected chi connectivity index (χ1v) is 3.12. The van der Waals surface area contributed by atoms with Crippen LogP contribution in [-0.4, -0.2) is 47.3 Å². The van der Waals surface area contributed by atoms with E-state index in [1.807, 2.05) is 0 Å². The number of methoxy groups -OCH3 is 1. The van der Waals surface area contributed by atoms with Gasteiger partial charge in [-0.05, 0) is 7.05 Å². The van der Waals surface area contributed by atoms with Crippen molar-refractivity contribution < 1.29 is 55.4 Å². The second kappa shape index (κ2) is 9.72. The van der Waals surface area contributed by atoms with Crippen molar-refractivity contribution in [2.24, 2.45) is 0 Å². The van der Waals surface area contributed by atoms with Gasteiger partial charge in [-0.1, -0.05) is 5.53 Å². The van der Waals surface area contributed by atoms with Crippen LogP contribution in [0, 0.1) is 0 Å². The Hall–Kier alpha value is -0.370. The van der Waals surface area contributed by atoms with Crippen molar-refractivity contribution in [3.05, 3.63) is 5.53 Å². The number of hydrogen-bond donors (Lipinski definition) is 2. The van der Waals surface area contributed by atoms with E-state index in [4.69, 9.17) is 16.1 Å². The van der Waals surface area contributed by atoms with E-state index in [9.17, 15) is 0 Å². The molecule has 0 aromatic heterocycles. The molecule has 7 nitrogen and oxygen atoms in total. The van der Waals surface area contributed by atoms with E-state index in [0.717, 1.165) is 0 Å². The van der Waals surface area contributed by atoms with Gasteiger partial charge in [-0.15, -0.1) is 0 Å². The van der Waals surface area contributed by atoms with E-state index in [0.29, 0.717) is 18.9 Å². The van der Waals surface area contributed by atoms with Crippen LogP contribution in [0.2, 0.25) is 0 Å². The number of hydrazine groups is 1. The monoisotopic (exact) mass is 201 g/mol. The first-order valence-electron chi connectivity index (χ1n) is 3.12. The average Bonchev–Trinajstić information content (AvgIpc) is 1.99. The number of nitrogens with two attached hydrogens (primary N) is 1. The Morgan fingerprint density at radius 1 is 1.69 bits per heavy atom. The molecule has 0 bridgehead atoms. The van der Waals surface area contributed by atoms with E-state index >= 15 is 0 Å². The molecule has 0 rings (SSSR count). The Balaban J connectivity index is -0.000000500. The van der Waals surface area contributed by atoms with Crippen LogP contribution in [0.4, 0.5) is 0 Å². The van der Waals surface area contributed by atoms with Gasteiger partial charge in [-0.25, -0.2) is 10.4 Å². The molecule has 0 radical (unpaired) electrons. The Kier molecular flexibility index (Phi) is 13.8. The molecule has 0 heterocycles. The molecule has 0 atom stereocenters. The summed E-state index contributed by atoms with van der Waals surface area (Å²) < 4.78 is 4.67. The molecule has 0 aromatic carbocycles. The van der Waals surface area contributed by atoms with E-state index < -0.39 is 0 Å². The zero-order valence-corrected chi connectivity index (χ0v) is 10.1.